The van der Waals surface area contributed by atoms with E-state index in [4.69, 9.17) is 5.11 Å². The molecule has 0 saturated carbocycles. The minimum Gasteiger partial charge on any atom is -0.480 e. The van der Waals surface area contributed by atoms with Crippen LogP contribution in [0.15, 0.2) is 22.7 Å². The summed E-state index contributed by atoms with van der Waals surface area (Å²) >= 11 is 3.44. The molecule has 0 heterocycles. The average Bonchev–Trinajstić information content (AvgIpc) is 2.22. The topological polar surface area (TPSA) is 49.3 Å². The van der Waals surface area contributed by atoms with Crippen LogP contribution in [0.5, 0.6) is 0 Å². The zero-order chi connectivity index (χ0) is 13.0. The van der Waals surface area contributed by atoms with Gasteiger partial charge in [0.15, 0.2) is 0 Å². The van der Waals surface area contributed by atoms with Gasteiger partial charge in [0.1, 0.15) is 6.04 Å². The Morgan fingerprint density at radius 1 is 1.47 bits per heavy atom. The molecule has 0 bridgehead atoms. The van der Waals surface area contributed by atoms with E-state index in [1.54, 1.807) is 0 Å². The molecule has 1 aromatic rings. The summed E-state index contributed by atoms with van der Waals surface area (Å²) in [6.45, 7) is 6.39. The standard InChI is InChI=1S/C13H18BrNO2/c1-8(2)12(13(16)17)15-7-10-4-5-11(14)9(3)6-10/h4-6,8,12,15H,7H2,1-3H3,(H,16,17). The fourth-order valence-corrected chi connectivity index (χ4v) is 1.90. The van der Waals surface area contributed by atoms with E-state index in [9.17, 15) is 4.79 Å². The first-order chi connectivity index (χ1) is 7.91. The lowest BCUT2D eigenvalue weighted by atomic mass is 10.0. The first-order valence-electron chi connectivity index (χ1n) is 5.63. The van der Waals surface area contributed by atoms with Gasteiger partial charge >= 0.3 is 5.97 Å². The number of benzene rings is 1. The highest BCUT2D eigenvalue weighted by Gasteiger charge is 2.20. The van der Waals surface area contributed by atoms with Crippen molar-refractivity contribution in [3.63, 3.8) is 0 Å². The third kappa shape index (κ3) is 4.13. The lowest BCUT2D eigenvalue weighted by Crippen LogP contribution is -2.40. The summed E-state index contributed by atoms with van der Waals surface area (Å²) in [6.07, 6.45) is 0. The van der Waals surface area contributed by atoms with Gasteiger partial charge in [-0.3, -0.25) is 4.79 Å². The van der Waals surface area contributed by atoms with Crippen LogP contribution in [0.2, 0.25) is 0 Å². The molecule has 1 rings (SSSR count). The molecule has 0 aromatic heterocycles. The zero-order valence-corrected chi connectivity index (χ0v) is 11.9. The maximum absolute atomic E-state index is 11.0. The second-order valence-corrected chi connectivity index (χ2v) is 5.38. The van der Waals surface area contributed by atoms with E-state index in [1.807, 2.05) is 32.9 Å². The van der Waals surface area contributed by atoms with E-state index in [1.165, 1.54) is 0 Å². The molecule has 1 atom stereocenters. The van der Waals surface area contributed by atoms with Crippen LogP contribution in [-0.2, 0) is 11.3 Å². The van der Waals surface area contributed by atoms with Gasteiger partial charge in [0.05, 0.1) is 0 Å². The highest BCUT2D eigenvalue weighted by molar-refractivity contribution is 9.10. The summed E-state index contributed by atoms with van der Waals surface area (Å²) in [4.78, 5) is 11.0. The molecule has 0 aliphatic heterocycles. The molecule has 0 amide bonds. The number of aryl methyl sites for hydroxylation is 1. The van der Waals surface area contributed by atoms with Gasteiger partial charge in [-0.15, -0.1) is 0 Å². The molecule has 0 fully saturated rings. The van der Waals surface area contributed by atoms with Crippen molar-refractivity contribution >= 4 is 21.9 Å². The van der Waals surface area contributed by atoms with Gasteiger partial charge in [-0.25, -0.2) is 0 Å². The van der Waals surface area contributed by atoms with Gasteiger partial charge in [0, 0.05) is 11.0 Å². The summed E-state index contributed by atoms with van der Waals surface area (Å²) < 4.78 is 1.07. The Bertz CT molecular complexity index is 404. The van der Waals surface area contributed by atoms with E-state index in [0.29, 0.717) is 6.54 Å². The zero-order valence-electron chi connectivity index (χ0n) is 10.3. The molecule has 17 heavy (non-hydrogen) atoms. The maximum atomic E-state index is 11.0. The van der Waals surface area contributed by atoms with Crippen molar-refractivity contribution < 1.29 is 9.90 Å². The van der Waals surface area contributed by atoms with Crippen molar-refractivity contribution in [1.82, 2.24) is 5.32 Å². The van der Waals surface area contributed by atoms with Gasteiger partial charge in [0.2, 0.25) is 0 Å². The van der Waals surface area contributed by atoms with Gasteiger partial charge in [-0.2, -0.15) is 0 Å². The van der Waals surface area contributed by atoms with Gasteiger partial charge in [0.25, 0.3) is 0 Å². The Labute approximate surface area is 110 Å². The van der Waals surface area contributed by atoms with E-state index in [0.717, 1.165) is 15.6 Å². The van der Waals surface area contributed by atoms with Gasteiger partial charge < -0.3 is 10.4 Å². The quantitative estimate of drug-likeness (QED) is 0.879. The maximum Gasteiger partial charge on any atom is 0.320 e. The molecule has 0 radical (unpaired) electrons. The van der Waals surface area contributed by atoms with Crippen LogP contribution in [0.4, 0.5) is 0 Å². The minimum absolute atomic E-state index is 0.0732. The molecule has 0 spiro atoms. The molecule has 4 heteroatoms. The van der Waals surface area contributed by atoms with Gasteiger partial charge in [-0.1, -0.05) is 41.9 Å². The van der Waals surface area contributed by atoms with E-state index < -0.39 is 12.0 Å². The van der Waals surface area contributed by atoms with Crippen molar-refractivity contribution in [2.75, 3.05) is 0 Å². The Kier molecular flexibility index (Phi) is 5.15. The third-order valence-corrected chi connectivity index (χ3v) is 3.57. The van der Waals surface area contributed by atoms with Crippen LogP contribution < -0.4 is 5.32 Å². The summed E-state index contributed by atoms with van der Waals surface area (Å²) in [7, 11) is 0. The van der Waals surface area contributed by atoms with Crippen LogP contribution in [0, 0.1) is 12.8 Å². The molecule has 94 valence electrons. The van der Waals surface area contributed by atoms with Gasteiger partial charge in [-0.05, 0) is 30.0 Å². The normalized spacial score (nSPS) is 12.8. The first kappa shape index (κ1) is 14.2. The van der Waals surface area contributed by atoms with Crippen molar-refractivity contribution in [3.8, 4) is 0 Å². The number of hydrogen-bond donors (Lipinski definition) is 2. The highest BCUT2D eigenvalue weighted by Crippen LogP contribution is 2.17. The highest BCUT2D eigenvalue weighted by atomic mass is 79.9. The smallest absolute Gasteiger partial charge is 0.320 e. The number of carboxylic acid groups (broad SMARTS) is 1. The number of aliphatic carboxylic acids is 1. The molecule has 1 unspecified atom stereocenters. The molecule has 0 aliphatic carbocycles. The van der Waals surface area contributed by atoms with E-state index in [-0.39, 0.29) is 5.92 Å². The number of carbonyl (C=O) groups is 1. The molecule has 2 N–H and O–H groups in total. The van der Waals surface area contributed by atoms with Crippen LogP contribution in [-0.4, -0.2) is 17.1 Å². The Morgan fingerprint density at radius 2 is 2.12 bits per heavy atom. The number of halogens is 1. The fourth-order valence-electron chi connectivity index (χ4n) is 1.65. The molecule has 0 saturated heterocycles. The Balaban J connectivity index is 2.65. The fraction of sp³-hybridized carbons (Fsp3) is 0.462. The predicted molar refractivity (Wildman–Crippen MR) is 72.0 cm³/mol. The minimum atomic E-state index is -0.797. The second-order valence-electron chi connectivity index (χ2n) is 4.52. The molecule has 3 nitrogen and oxygen atoms in total. The Hall–Kier alpha value is -0.870. The second kappa shape index (κ2) is 6.17. The van der Waals surface area contributed by atoms with Crippen LogP contribution in [0.1, 0.15) is 25.0 Å². The van der Waals surface area contributed by atoms with Crippen LogP contribution in [0.25, 0.3) is 0 Å². The average molecular weight is 300 g/mol. The summed E-state index contributed by atoms with van der Waals surface area (Å²) in [6, 6.07) is 5.52. The summed E-state index contributed by atoms with van der Waals surface area (Å²) in [5.41, 5.74) is 2.25. The lowest BCUT2D eigenvalue weighted by molar-refractivity contribution is -0.140. The van der Waals surface area contributed by atoms with E-state index in [2.05, 4.69) is 27.3 Å². The van der Waals surface area contributed by atoms with Crippen molar-refractivity contribution in [1.29, 1.82) is 0 Å². The monoisotopic (exact) mass is 299 g/mol. The largest absolute Gasteiger partial charge is 0.480 e. The number of hydrogen-bond acceptors (Lipinski definition) is 2. The van der Waals surface area contributed by atoms with Crippen molar-refractivity contribution in [2.24, 2.45) is 5.92 Å². The number of nitrogens with one attached hydrogen (secondary N) is 1. The lowest BCUT2D eigenvalue weighted by Gasteiger charge is -2.18. The van der Waals surface area contributed by atoms with Crippen LogP contribution >= 0.6 is 15.9 Å². The number of rotatable bonds is 5. The summed E-state index contributed by atoms with van der Waals surface area (Å²) in [5, 5.41) is 12.1. The molecule has 1 aromatic carbocycles. The van der Waals surface area contributed by atoms with E-state index >= 15 is 0 Å². The first-order valence-corrected chi connectivity index (χ1v) is 6.42. The third-order valence-electron chi connectivity index (χ3n) is 2.68. The molecule has 0 aliphatic rings. The van der Waals surface area contributed by atoms with Crippen molar-refractivity contribution in [2.45, 2.75) is 33.4 Å². The molecular weight excluding hydrogens is 282 g/mol. The summed E-state index contributed by atoms with van der Waals surface area (Å²) in [5.74, 6) is -0.724. The van der Waals surface area contributed by atoms with Crippen LogP contribution in [0.3, 0.4) is 0 Å². The predicted octanol–water partition coefficient (Wildman–Crippen LogP) is 2.96. The van der Waals surface area contributed by atoms with Crippen molar-refractivity contribution in [3.05, 3.63) is 33.8 Å². The Morgan fingerprint density at radius 3 is 2.59 bits per heavy atom. The number of carboxylic acids is 1. The SMILES string of the molecule is Cc1cc(CNC(C(=O)O)C(C)C)ccc1Br. The molecular formula is C13H18BrNO2.